The van der Waals surface area contributed by atoms with Crippen LogP contribution < -0.4 is 11.1 Å². The fraction of sp³-hybridized carbons (Fsp3) is 0.481. The second kappa shape index (κ2) is 9.98. The van der Waals surface area contributed by atoms with Gasteiger partial charge in [0.25, 0.3) is 5.92 Å². The summed E-state index contributed by atoms with van der Waals surface area (Å²) in [4.78, 5) is 26.9. The van der Waals surface area contributed by atoms with E-state index in [0.717, 1.165) is 11.1 Å². The van der Waals surface area contributed by atoms with Crippen LogP contribution in [0.3, 0.4) is 0 Å². The maximum atomic E-state index is 15.4. The quantitative estimate of drug-likeness (QED) is 0.548. The maximum Gasteiger partial charge on any atom is 0.407 e. The first-order valence-corrected chi connectivity index (χ1v) is 12.5. The number of nitrogens with one attached hydrogen (secondary N) is 1. The number of rotatable bonds is 5. The Balaban J connectivity index is 1.42. The van der Waals surface area contributed by atoms with Crippen molar-refractivity contribution in [2.45, 2.75) is 82.1 Å². The van der Waals surface area contributed by atoms with E-state index in [2.05, 4.69) is 5.32 Å². The Kier molecular flexibility index (Phi) is 7.30. The Morgan fingerprint density at radius 3 is 2.00 bits per heavy atom. The molecule has 0 radical (unpaired) electrons. The van der Waals surface area contributed by atoms with Crippen LogP contribution in [0.15, 0.2) is 48.5 Å². The molecule has 2 aliphatic heterocycles. The minimum absolute atomic E-state index is 0.182. The summed E-state index contributed by atoms with van der Waals surface area (Å²) < 4.78 is 36.0. The van der Waals surface area contributed by atoms with Gasteiger partial charge in [-0.2, -0.15) is 8.78 Å². The van der Waals surface area contributed by atoms with E-state index in [1.807, 2.05) is 12.1 Å². The van der Waals surface area contributed by atoms with Gasteiger partial charge in [-0.15, -0.1) is 0 Å². The van der Waals surface area contributed by atoms with Crippen LogP contribution in [0.4, 0.5) is 13.6 Å². The first-order valence-electron chi connectivity index (χ1n) is 12.2. The molecule has 2 aromatic rings. The Morgan fingerprint density at radius 2 is 1.50 bits per heavy atom. The number of halogens is 3. The van der Waals surface area contributed by atoms with Crippen molar-refractivity contribution in [1.29, 1.82) is 0 Å². The van der Waals surface area contributed by atoms with Gasteiger partial charge in [-0.3, -0.25) is 4.79 Å². The molecule has 2 bridgehead atoms. The van der Waals surface area contributed by atoms with E-state index in [1.54, 1.807) is 45.0 Å². The van der Waals surface area contributed by atoms with Gasteiger partial charge in [-0.05, 0) is 69.7 Å². The highest BCUT2D eigenvalue weighted by atomic mass is 35.5. The van der Waals surface area contributed by atoms with E-state index < -0.39 is 29.6 Å². The minimum atomic E-state index is -3.54. The fourth-order valence-electron chi connectivity index (χ4n) is 5.15. The summed E-state index contributed by atoms with van der Waals surface area (Å²) in [6, 6.07) is 10.2. The molecule has 194 valence electrons. The number of hydrogen-bond donors (Lipinski definition) is 2. The van der Waals surface area contributed by atoms with Gasteiger partial charge in [-0.25, -0.2) is 4.79 Å². The highest BCUT2D eigenvalue weighted by molar-refractivity contribution is 6.30. The van der Waals surface area contributed by atoms with Crippen LogP contribution in [0.5, 0.6) is 0 Å². The van der Waals surface area contributed by atoms with Gasteiger partial charge in [-0.1, -0.05) is 48.0 Å². The number of nitrogens with zero attached hydrogens (tertiary/aromatic N) is 1. The summed E-state index contributed by atoms with van der Waals surface area (Å²) in [5, 5.41) is 3.44. The highest BCUT2D eigenvalue weighted by Gasteiger charge is 2.51. The number of alkyl halides is 2. The number of alkyl carbamates (subject to hydrolysis) is 1. The molecule has 36 heavy (non-hydrogen) atoms. The third-order valence-corrected chi connectivity index (χ3v) is 7.06. The van der Waals surface area contributed by atoms with E-state index in [-0.39, 0.29) is 23.7 Å². The Hall–Kier alpha value is -2.71. The molecule has 9 heteroatoms. The van der Waals surface area contributed by atoms with E-state index in [9.17, 15) is 9.59 Å². The maximum absolute atomic E-state index is 15.4. The lowest BCUT2D eigenvalue weighted by Crippen LogP contribution is -2.59. The zero-order chi connectivity index (χ0) is 26.3. The van der Waals surface area contributed by atoms with E-state index >= 15 is 8.78 Å². The van der Waals surface area contributed by atoms with Crippen molar-refractivity contribution in [2.24, 2.45) is 5.73 Å². The van der Waals surface area contributed by atoms with Crippen molar-refractivity contribution < 1.29 is 23.1 Å². The first-order chi connectivity index (χ1) is 16.8. The SMILES string of the molecule is CC(C)(C)OC(=O)NC1CC2CCC(C1)N2C(=O)C(N)C(F)(F)c1ccc(-c2ccc(Cl)cc2)cc1. The summed E-state index contributed by atoms with van der Waals surface area (Å²) in [5.41, 5.74) is 6.58. The van der Waals surface area contributed by atoms with Gasteiger partial charge in [0, 0.05) is 28.7 Å². The average molecular weight is 520 g/mol. The molecule has 4 rings (SSSR count). The van der Waals surface area contributed by atoms with Crippen LogP contribution in [0.25, 0.3) is 11.1 Å². The number of carbonyl (C=O) groups is 2. The number of fused-ring (bicyclic) bond motifs is 2. The third kappa shape index (κ3) is 5.65. The van der Waals surface area contributed by atoms with Crippen LogP contribution >= 0.6 is 11.6 Å². The Morgan fingerprint density at radius 1 is 1.00 bits per heavy atom. The molecule has 2 amide bonds. The zero-order valence-corrected chi connectivity index (χ0v) is 21.4. The van der Waals surface area contributed by atoms with E-state index in [4.69, 9.17) is 22.1 Å². The summed E-state index contributed by atoms with van der Waals surface area (Å²) >= 11 is 5.92. The van der Waals surface area contributed by atoms with Gasteiger partial charge in [0.05, 0.1) is 0 Å². The molecule has 2 saturated heterocycles. The number of benzene rings is 2. The van der Waals surface area contributed by atoms with Crippen LogP contribution in [0.1, 0.15) is 52.0 Å². The smallest absolute Gasteiger partial charge is 0.407 e. The summed E-state index contributed by atoms with van der Waals surface area (Å²) in [6.07, 6.45) is 1.83. The van der Waals surface area contributed by atoms with Gasteiger partial charge in [0.2, 0.25) is 5.91 Å². The molecule has 3 N–H and O–H groups in total. The average Bonchev–Trinajstić information content (AvgIpc) is 3.07. The Bertz CT molecular complexity index is 1090. The van der Waals surface area contributed by atoms with Gasteiger partial charge < -0.3 is 20.7 Å². The third-order valence-electron chi connectivity index (χ3n) is 6.81. The van der Waals surface area contributed by atoms with Crippen LogP contribution in [-0.4, -0.2) is 46.7 Å². The van der Waals surface area contributed by atoms with E-state index in [1.165, 1.54) is 17.0 Å². The molecular weight excluding hydrogens is 488 g/mol. The topological polar surface area (TPSA) is 84.7 Å². The van der Waals surface area contributed by atoms with Crippen LogP contribution in [-0.2, 0) is 15.5 Å². The number of ether oxygens (including phenoxy) is 1. The van der Waals surface area contributed by atoms with Crippen molar-refractivity contribution >= 4 is 23.6 Å². The summed E-state index contributed by atoms with van der Waals surface area (Å²) in [5.74, 6) is -4.30. The monoisotopic (exact) mass is 519 g/mol. The molecule has 3 atom stereocenters. The molecule has 3 unspecified atom stereocenters. The molecular formula is C27H32ClF2N3O3. The number of amides is 2. The summed E-state index contributed by atoms with van der Waals surface area (Å²) in [6.45, 7) is 5.35. The van der Waals surface area contributed by atoms with Crippen LogP contribution in [0.2, 0.25) is 5.02 Å². The number of piperidine rings is 1. The summed E-state index contributed by atoms with van der Waals surface area (Å²) in [7, 11) is 0. The minimum Gasteiger partial charge on any atom is -0.444 e. The largest absolute Gasteiger partial charge is 0.444 e. The van der Waals surface area contributed by atoms with Crippen molar-refractivity contribution in [3.8, 4) is 11.1 Å². The lowest BCUT2D eigenvalue weighted by molar-refractivity contribution is -0.147. The molecule has 0 aromatic heterocycles. The predicted molar refractivity (Wildman–Crippen MR) is 135 cm³/mol. The van der Waals surface area contributed by atoms with Crippen molar-refractivity contribution in [2.75, 3.05) is 0 Å². The zero-order valence-electron chi connectivity index (χ0n) is 20.6. The number of nitrogens with two attached hydrogens (primary N) is 1. The number of hydrogen-bond acceptors (Lipinski definition) is 4. The second-order valence-corrected chi connectivity index (χ2v) is 11.1. The normalized spacial score (nSPS) is 22.8. The van der Waals surface area contributed by atoms with E-state index in [0.29, 0.717) is 30.7 Å². The Labute approximate surface area is 215 Å². The lowest BCUT2D eigenvalue weighted by atomic mass is 9.93. The molecule has 2 aliphatic rings. The second-order valence-electron chi connectivity index (χ2n) is 10.6. The molecule has 0 aliphatic carbocycles. The van der Waals surface area contributed by atoms with Gasteiger partial charge in [0.15, 0.2) is 6.04 Å². The molecule has 2 heterocycles. The van der Waals surface area contributed by atoms with Crippen LogP contribution in [0, 0.1) is 0 Å². The van der Waals surface area contributed by atoms with Crippen molar-refractivity contribution in [3.05, 3.63) is 59.1 Å². The lowest BCUT2D eigenvalue weighted by Gasteiger charge is -2.41. The standard InChI is InChI=1S/C27H32ClF2N3O3/c1-26(2,3)36-25(35)32-20-14-21-12-13-22(15-20)33(21)24(34)23(31)27(29,30)18-8-4-16(5-9-18)17-6-10-19(28)11-7-17/h4-11,20-23H,12-15,31H2,1-3H3,(H,32,35). The van der Waals surface area contributed by atoms with Crippen molar-refractivity contribution in [1.82, 2.24) is 10.2 Å². The highest BCUT2D eigenvalue weighted by Crippen LogP contribution is 2.39. The molecule has 0 saturated carbocycles. The predicted octanol–water partition coefficient (Wildman–Crippen LogP) is 5.47. The van der Waals surface area contributed by atoms with Gasteiger partial charge in [0.1, 0.15) is 5.60 Å². The molecule has 6 nitrogen and oxygen atoms in total. The molecule has 2 aromatic carbocycles. The van der Waals surface area contributed by atoms with Crippen molar-refractivity contribution in [3.63, 3.8) is 0 Å². The van der Waals surface area contributed by atoms with Gasteiger partial charge >= 0.3 is 6.09 Å². The molecule has 0 spiro atoms. The molecule has 2 fully saturated rings. The number of carbonyl (C=O) groups excluding carboxylic acids is 2. The first kappa shape index (κ1) is 26.4. The fourth-order valence-corrected chi connectivity index (χ4v) is 5.28.